The third-order valence-corrected chi connectivity index (χ3v) is 6.64. The smallest absolute Gasteiger partial charge is 0.300 e. The van der Waals surface area contributed by atoms with Gasteiger partial charge in [0.2, 0.25) is 5.75 Å². The Bertz CT molecular complexity index is 1090. The van der Waals surface area contributed by atoms with Crippen molar-refractivity contribution in [1.29, 1.82) is 0 Å². The van der Waals surface area contributed by atoms with E-state index in [1.54, 1.807) is 21.9 Å². The summed E-state index contributed by atoms with van der Waals surface area (Å²) in [6.45, 7) is 10.8. The van der Waals surface area contributed by atoms with E-state index in [9.17, 15) is 9.59 Å². The monoisotopic (exact) mass is 477 g/mol. The second-order valence-electron chi connectivity index (χ2n) is 9.08. The number of nitrogens with zero attached hydrogens (tertiary/aromatic N) is 3. The van der Waals surface area contributed by atoms with Gasteiger partial charge < -0.3 is 19.1 Å². The minimum atomic E-state index is -0.578. The molecule has 0 radical (unpaired) electrons. The fraction of sp³-hybridized carbons (Fsp3) is 0.444. The van der Waals surface area contributed by atoms with E-state index >= 15 is 0 Å². The minimum absolute atomic E-state index is 0.136. The number of carbonyl (C=O) groups is 2. The van der Waals surface area contributed by atoms with E-state index in [1.807, 2.05) is 37.3 Å². The molecular weight excluding hydrogens is 446 g/mol. The zero-order chi connectivity index (χ0) is 24.9. The summed E-state index contributed by atoms with van der Waals surface area (Å²) < 4.78 is 17.1. The Morgan fingerprint density at radius 3 is 2.40 bits per heavy atom. The van der Waals surface area contributed by atoms with Crippen LogP contribution in [-0.2, 0) is 11.4 Å². The summed E-state index contributed by atoms with van der Waals surface area (Å²) in [5, 5.41) is 0. The molecule has 8 nitrogen and oxygen atoms in total. The number of rotatable bonds is 7. The predicted octanol–water partition coefficient (Wildman–Crippen LogP) is 4.00. The first-order valence-corrected chi connectivity index (χ1v) is 11.9. The van der Waals surface area contributed by atoms with Crippen LogP contribution in [0.4, 0.5) is 0 Å². The van der Waals surface area contributed by atoms with Crippen LogP contribution in [0.2, 0.25) is 0 Å². The van der Waals surface area contributed by atoms with Gasteiger partial charge in [0.15, 0.2) is 11.5 Å². The lowest BCUT2D eigenvalue weighted by Crippen LogP contribution is -2.48. The Labute approximate surface area is 206 Å². The highest BCUT2D eigenvalue weighted by atomic mass is 16.5. The Morgan fingerprint density at radius 2 is 1.77 bits per heavy atom. The molecule has 2 aromatic rings. The van der Waals surface area contributed by atoms with E-state index in [1.165, 1.54) is 14.2 Å². The van der Waals surface area contributed by atoms with Crippen LogP contribution in [-0.4, -0.2) is 61.1 Å². The van der Waals surface area contributed by atoms with E-state index in [2.05, 4.69) is 4.85 Å². The Balaban J connectivity index is 1.59. The summed E-state index contributed by atoms with van der Waals surface area (Å²) in [6.07, 6.45) is 1.65. The standard InChI is InChI=1S/C27H31N3O5/c1-18-13-21(27(32)29-12-8-11-24(29)28-2)30(16-18)26(31)20-14-22(33-3)25(23(15-20)34-4)35-17-19-9-6-5-7-10-19/h5-7,9-10,14-15,18,21,24H,8,11-13,16-17H2,1,3-4H3/t18-,21-,24-/m0/s1. The van der Waals surface area contributed by atoms with E-state index in [0.29, 0.717) is 55.4 Å². The number of methoxy groups -OCH3 is 2. The largest absolute Gasteiger partial charge is 0.493 e. The highest BCUT2D eigenvalue weighted by Gasteiger charge is 2.44. The average molecular weight is 478 g/mol. The molecule has 184 valence electrons. The van der Waals surface area contributed by atoms with Gasteiger partial charge in [0.25, 0.3) is 11.8 Å². The highest BCUT2D eigenvalue weighted by Crippen LogP contribution is 2.40. The predicted molar refractivity (Wildman–Crippen MR) is 130 cm³/mol. The third-order valence-electron chi connectivity index (χ3n) is 6.64. The van der Waals surface area contributed by atoms with E-state index in [-0.39, 0.29) is 17.7 Å². The number of ether oxygens (including phenoxy) is 3. The van der Waals surface area contributed by atoms with Crippen LogP contribution in [0.1, 0.15) is 42.1 Å². The second-order valence-corrected chi connectivity index (χ2v) is 9.08. The molecular formula is C27H31N3O5. The zero-order valence-electron chi connectivity index (χ0n) is 20.4. The lowest BCUT2D eigenvalue weighted by atomic mass is 10.1. The van der Waals surface area contributed by atoms with Crippen molar-refractivity contribution in [1.82, 2.24) is 9.80 Å². The molecule has 2 amide bonds. The second kappa shape index (κ2) is 10.7. The van der Waals surface area contributed by atoms with Crippen LogP contribution in [0.25, 0.3) is 4.85 Å². The summed E-state index contributed by atoms with van der Waals surface area (Å²) in [5.41, 5.74) is 1.35. The summed E-state index contributed by atoms with van der Waals surface area (Å²) in [5.74, 6) is 0.951. The van der Waals surface area contributed by atoms with Crippen LogP contribution < -0.4 is 14.2 Å². The molecule has 2 aromatic carbocycles. The highest BCUT2D eigenvalue weighted by molar-refractivity contribution is 5.99. The topological polar surface area (TPSA) is 72.7 Å². The van der Waals surface area contributed by atoms with Crippen molar-refractivity contribution in [2.45, 2.75) is 45.0 Å². The lowest BCUT2D eigenvalue weighted by molar-refractivity contribution is -0.135. The number of carbonyl (C=O) groups excluding carboxylic acids is 2. The number of benzene rings is 2. The lowest BCUT2D eigenvalue weighted by Gasteiger charge is -2.28. The van der Waals surface area contributed by atoms with Crippen molar-refractivity contribution in [2.24, 2.45) is 5.92 Å². The maximum Gasteiger partial charge on any atom is 0.300 e. The minimum Gasteiger partial charge on any atom is -0.493 e. The van der Waals surface area contributed by atoms with Crippen LogP contribution in [0.15, 0.2) is 42.5 Å². The van der Waals surface area contributed by atoms with Gasteiger partial charge in [0.1, 0.15) is 12.6 Å². The molecule has 0 saturated carbocycles. The zero-order valence-corrected chi connectivity index (χ0v) is 20.4. The molecule has 3 atom stereocenters. The van der Waals surface area contributed by atoms with Gasteiger partial charge in [0, 0.05) is 25.1 Å². The summed E-state index contributed by atoms with van der Waals surface area (Å²) >= 11 is 0. The molecule has 2 aliphatic rings. The molecule has 2 heterocycles. The van der Waals surface area contributed by atoms with Gasteiger partial charge in [-0.3, -0.25) is 19.3 Å². The normalized spacial score (nSPS) is 21.5. The van der Waals surface area contributed by atoms with Crippen LogP contribution in [0.5, 0.6) is 17.2 Å². The third kappa shape index (κ3) is 5.04. The summed E-state index contributed by atoms with van der Waals surface area (Å²) in [4.78, 5) is 33.9. The number of hydrogen-bond acceptors (Lipinski definition) is 5. The van der Waals surface area contributed by atoms with Crippen molar-refractivity contribution in [3.8, 4) is 17.2 Å². The van der Waals surface area contributed by atoms with Crippen LogP contribution in [0, 0.1) is 12.5 Å². The van der Waals surface area contributed by atoms with Crippen molar-refractivity contribution >= 4 is 11.8 Å². The van der Waals surface area contributed by atoms with Gasteiger partial charge in [-0.05, 0) is 36.5 Å². The Hall–Kier alpha value is -3.73. The van der Waals surface area contributed by atoms with Gasteiger partial charge in [-0.25, -0.2) is 6.57 Å². The van der Waals surface area contributed by atoms with Gasteiger partial charge in [-0.1, -0.05) is 37.3 Å². The van der Waals surface area contributed by atoms with Crippen LogP contribution >= 0.6 is 0 Å². The molecule has 0 unspecified atom stereocenters. The molecule has 2 fully saturated rings. The molecule has 2 saturated heterocycles. The SMILES string of the molecule is [C-]#[N+][C@@H]1CCCN1C(=O)[C@@H]1C[C@H](C)CN1C(=O)c1cc(OC)c(OCc2ccccc2)c(OC)c1. The van der Waals surface area contributed by atoms with E-state index in [4.69, 9.17) is 20.8 Å². The van der Waals surface area contributed by atoms with E-state index < -0.39 is 12.2 Å². The van der Waals surface area contributed by atoms with E-state index in [0.717, 1.165) is 12.0 Å². The molecule has 0 N–H and O–H groups in total. The Kier molecular flexibility index (Phi) is 7.45. The number of likely N-dealkylation sites (tertiary alicyclic amines) is 2. The van der Waals surface area contributed by atoms with Gasteiger partial charge in [0.05, 0.1) is 14.2 Å². The van der Waals surface area contributed by atoms with Crippen molar-refractivity contribution in [3.63, 3.8) is 0 Å². The van der Waals surface area contributed by atoms with Crippen LogP contribution in [0.3, 0.4) is 0 Å². The van der Waals surface area contributed by atoms with Crippen molar-refractivity contribution in [2.75, 3.05) is 27.3 Å². The molecule has 0 spiro atoms. The first-order chi connectivity index (χ1) is 17.0. The molecule has 2 aliphatic heterocycles. The summed E-state index contributed by atoms with van der Waals surface area (Å²) in [7, 11) is 3.03. The first-order valence-electron chi connectivity index (χ1n) is 11.9. The molecule has 35 heavy (non-hydrogen) atoms. The molecule has 4 rings (SSSR count). The van der Waals surface area contributed by atoms with Gasteiger partial charge in [-0.15, -0.1) is 0 Å². The fourth-order valence-electron chi connectivity index (χ4n) is 4.88. The van der Waals surface area contributed by atoms with Crippen molar-refractivity contribution < 1.29 is 23.8 Å². The first kappa shape index (κ1) is 24.4. The number of amides is 2. The fourth-order valence-corrected chi connectivity index (χ4v) is 4.88. The number of hydrogen-bond donors (Lipinski definition) is 0. The van der Waals surface area contributed by atoms with Gasteiger partial charge >= 0.3 is 6.17 Å². The maximum atomic E-state index is 13.6. The quantitative estimate of drug-likeness (QED) is 0.564. The maximum absolute atomic E-state index is 13.6. The van der Waals surface area contributed by atoms with Gasteiger partial charge in [-0.2, -0.15) is 0 Å². The molecule has 0 aromatic heterocycles. The molecule has 0 aliphatic carbocycles. The molecule has 8 heteroatoms. The average Bonchev–Trinajstić information content (AvgIpc) is 3.53. The van der Waals surface area contributed by atoms with Crippen molar-refractivity contribution in [3.05, 3.63) is 65.0 Å². The molecule has 0 bridgehead atoms. The Morgan fingerprint density at radius 1 is 1.09 bits per heavy atom. The summed E-state index contributed by atoms with van der Waals surface area (Å²) in [6, 6.07) is 12.4.